The SMILES string of the molecule is CNC(C)c1ccc(Br)cc1N(C)Cc1ccccc1. The predicted molar refractivity (Wildman–Crippen MR) is 90.2 cm³/mol. The first-order valence-electron chi connectivity index (χ1n) is 6.83. The second kappa shape index (κ2) is 6.91. The van der Waals surface area contributed by atoms with Crippen LogP contribution in [0, 0.1) is 0 Å². The minimum atomic E-state index is 0.330. The maximum Gasteiger partial charge on any atom is 0.0426 e. The van der Waals surface area contributed by atoms with Gasteiger partial charge >= 0.3 is 0 Å². The number of halogens is 1. The summed E-state index contributed by atoms with van der Waals surface area (Å²) >= 11 is 3.57. The molecule has 2 nitrogen and oxygen atoms in total. The third-order valence-electron chi connectivity index (χ3n) is 3.57. The highest BCUT2D eigenvalue weighted by Crippen LogP contribution is 2.29. The van der Waals surface area contributed by atoms with Gasteiger partial charge in [-0.1, -0.05) is 52.3 Å². The third-order valence-corrected chi connectivity index (χ3v) is 4.06. The molecule has 3 heteroatoms. The zero-order valence-electron chi connectivity index (χ0n) is 12.2. The summed E-state index contributed by atoms with van der Waals surface area (Å²) in [7, 11) is 4.13. The third kappa shape index (κ3) is 3.62. The summed E-state index contributed by atoms with van der Waals surface area (Å²) in [5.41, 5.74) is 3.89. The van der Waals surface area contributed by atoms with E-state index in [1.54, 1.807) is 0 Å². The van der Waals surface area contributed by atoms with Gasteiger partial charge in [0.15, 0.2) is 0 Å². The summed E-state index contributed by atoms with van der Waals surface area (Å²) in [6.45, 7) is 3.09. The van der Waals surface area contributed by atoms with E-state index in [4.69, 9.17) is 0 Å². The Bertz CT molecular complexity index is 554. The largest absolute Gasteiger partial charge is 0.370 e. The fourth-order valence-corrected chi connectivity index (χ4v) is 2.66. The fraction of sp³-hybridized carbons (Fsp3) is 0.294. The summed E-state index contributed by atoms with van der Waals surface area (Å²) < 4.78 is 1.11. The molecule has 2 aromatic rings. The average molecular weight is 333 g/mol. The number of benzene rings is 2. The summed E-state index contributed by atoms with van der Waals surface area (Å²) in [5.74, 6) is 0. The molecule has 2 rings (SSSR count). The number of rotatable bonds is 5. The molecule has 0 radical (unpaired) electrons. The van der Waals surface area contributed by atoms with Crippen molar-refractivity contribution in [2.75, 3.05) is 19.0 Å². The van der Waals surface area contributed by atoms with Gasteiger partial charge in [0.1, 0.15) is 0 Å². The molecule has 1 unspecified atom stereocenters. The monoisotopic (exact) mass is 332 g/mol. The lowest BCUT2D eigenvalue weighted by molar-refractivity contribution is 0.649. The number of nitrogens with one attached hydrogen (secondary N) is 1. The van der Waals surface area contributed by atoms with Crippen molar-refractivity contribution in [3.63, 3.8) is 0 Å². The second-order valence-corrected chi connectivity index (χ2v) is 5.97. The molecule has 1 N–H and O–H groups in total. The minimum absolute atomic E-state index is 0.330. The molecule has 0 heterocycles. The predicted octanol–water partition coefficient (Wildman–Crippen LogP) is 4.37. The van der Waals surface area contributed by atoms with Crippen LogP contribution < -0.4 is 10.2 Å². The molecule has 0 aliphatic carbocycles. The Labute approximate surface area is 129 Å². The molecule has 0 saturated heterocycles. The number of nitrogens with zero attached hydrogens (tertiary/aromatic N) is 1. The second-order valence-electron chi connectivity index (χ2n) is 5.06. The number of hydrogen-bond acceptors (Lipinski definition) is 2. The molecule has 0 fully saturated rings. The molecule has 1 atom stereocenters. The highest BCUT2D eigenvalue weighted by molar-refractivity contribution is 9.10. The van der Waals surface area contributed by atoms with E-state index in [0.717, 1.165) is 11.0 Å². The van der Waals surface area contributed by atoms with Crippen LogP contribution >= 0.6 is 15.9 Å². The zero-order chi connectivity index (χ0) is 14.5. The van der Waals surface area contributed by atoms with E-state index in [-0.39, 0.29) is 0 Å². The lowest BCUT2D eigenvalue weighted by atomic mass is 10.0. The van der Waals surface area contributed by atoms with Gasteiger partial charge in [0.25, 0.3) is 0 Å². The van der Waals surface area contributed by atoms with Gasteiger partial charge in [-0.2, -0.15) is 0 Å². The highest BCUT2D eigenvalue weighted by atomic mass is 79.9. The van der Waals surface area contributed by atoms with Crippen molar-refractivity contribution >= 4 is 21.6 Å². The van der Waals surface area contributed by atoms with Crippen LogP contribution in [0.1, 0.15) is 24.1 Å². The van der Waals surface area contributed by atoms with Gasteiger partial charge in [-0.15, -0.1) is 0 Å². The van der Waals surface area contributed by atoms with E-state index < -0.39 is 0 Å². The van der Waals surface area contributed by atoms with Crippen LogP contribution in [-0.2, 0) is 6.54 Å². The van der Waals surface area contributed by atoms with Crippen molar-refractivity contribution in [3.05, 3.63) is 64.1 Å². The maximum absolute atomic E-state index is 3.57. The van der Waals surface area contributed by atoms with E-state index in [2.05, 4.69) is 88.6 Å². The van der Waals surface area contributed by atoms with Crippen molar-refractivity contribution < 1.29 is 0 Å². The molecular weight excluding hydrogens is 312 g/mol. The van der Waals surface area contributed by atoms with E-state index in [1.165, 1.54) is 16.8 Å². The van der Waals surface area contributed by atoms with Gasteiger partial charge in [-0.25, -0.2) is 0 Å². The summed E-state index contributed by atoms with van der Waals surface area (Å²) in [6, 6.07) is 17.3. The van der Waals surface area contributed by atoms with Crippen LogP contribution in [-0.4, -0.2) is 14.1 Å². The Morgan fingerprint density at radius 1 is 1.15 bits per heavy atom. The quantitative estimate of drug-likeness (QED) is 0.874. The van der Waals surface area contributed by atoms with Crippen LogP contribution in [0.4, 0.5) is 5.69 Å². The molecule has 20 heavy (non-hydrogen) atoms. The van der Waals surface area contributed by atoms with Crippen molar-refractivity contribution in [2.24, 2.45) is 0 Å². The first-order valence-corrected chi connectivity index (χ1v) is 7.63. The van der Waals surface area contributed by atoms with Crippen LogP contribution in [0.25, 0.3) is 0 Å². The molecule has 0 aromatic heterocycles. The van der Waals surface area contributed by atoms with Crippen molar-refractivity contribution in [2.45, 2.75) is 19.5 Å². The van der Waals surface area contributed by atoms with E-state index >= 15 is 0 Å². The van der Waals surface area contributed by atoms with Gasteiger partial charge in [-0.05, 0) is 37.2 Å². The van der Waals surface area contributed by atoms with Crippen LogP contribution in [0.2, 0.25) is 0 Å². The summed E-state index contributed by atoms with van der Waals surface area (Å²) in [6.07, 6.45) is 0. The standard InChI is InChI=1S/C17H21BrN2/c1-13(19-2)16-10-9-15(18)11-17(16)20(3)12-14-7-5-4-6-8-14/h4-11,13,19H,12H2,1-3H3. The Kier molecular flexibility index (Phi) is 5.21. The van der Waals surface area contributed by atoms with Crippen molar-refractivity contribution in [3.8, 4) is 0 Å². The number of anilines is 1. The van der Waals surface area contributed by atoms with Crippen LogP contribution in [0.5, 0.6) is 0 Å². The first kappa shape index (κ1) is 15.1. The molecule has 0 spiro atoms. The van der Waals surface area contributed by atoms with E-state index in [9.17, 15) is 0 Å². The van der Waals surface area contributed by atoms with Gasteiger partial charge < -0.3 is 10.2 Å². The summed E-state index contributed by atoms with van der Waals surface area (Å²) in [5, 5.41) is 3.32. The molecule has 0 saturated carbocycles. The van der Waals surface area contributed by atoms with Crippen LogP contribution in [0.3, 0.4) is 0 Å². The maximum atomic E-state index is 3.57. The Morgan fingerprint density at radius 3 is 2.50 bits per heavy atom. The first-order chi connectivity index (χ1) is 9.61. The molecule has 0 aliphatic rings. The lowest BCUT2D eigenvalue weighted by Gasteiger charge is -2.25. The van der Waals surface area contributed by atoms with Crippen molar-refractivity contribution in [1.82, 2.24) is 5.32 Å². The van der Waals surface area contributed by atoms with Gasteiger partial charge in [0.05, 0.1) is 0 Å². The molecule has 0 bridgehead atoms. The molecule has 2 aromatic carbocycles. The minimum Gasteiger partial charge on any atom is -0.370 e. The van der Waals surface area contributed by atoms with Crippen molar-refractivity contribution in [1.29, 1.82) is 0 Å². The fourth-order valence-electron chi connectivity index (χ4n) is 2.31. The normalized spacial score (nSPS) is 12.2. The Hall–Kier alpha value is -1.32. The topological polar surface area (TPSA) is 15.3 Å². The van der Waals surface area contributed by atoms with Gasteiger partial charge in [-0.3, -0.25) is 0 Å². The van der Waals surface area contributed by atoms with Crippen LogP contribution in [0.15, 0.2) is 53.0 Å². The van der Waals surface area contributed by atoms with E-state index in [1.807, 2.05) is 7.05 Å². The average Bonchev–Trinajstić information content (AvgIpc) is 2.47. The zero-order valence-corrected chi connectivity index (χ0v) is 13.8. The molecular formula is C17H21BrN2. The Morgan fingerprint density at radius 2 is 1.85 bits per heavy atom. The number of hydrogen-bond donors (Lipinski definition) is 1. The smallest absolute Gasteiger partial charge is 0.0426 e. The molecule has 106 valence electrons. The summed E-state index contributed by atoms with van der Waals surface area (Å²) in [4.78, 5) is 2.29. The Balaban J connectivity index is 2.28. The van der Waals surface area contributed by atoms with E-state index in [0.29, 0.717) is 6.04 Å². The van der Waals surface area contributed by atoms with Gasteiger partial charge in [0.2, 0.25) is 0 Å². The molecule has 0 amide bonds. The highest BCUT2D eigenvalue weighted by Gasteiger charge is 2.13. The molecule has 0 aliphatic heterocycles. The lowest BCUT2D eigenvalue weighted by Crippen LogP contribution is -2.21. The van der Waals surface area contributed by atoms with Gasteiger partial charge in [0, 0.05) is 29.8 Å².